The van der Waals surface area contributed by atoms with Crippen LogP contribution in [0.4, 0.5) is 10.3 Å². The van der Waals surface area contributed by atoms with Crippen molar-refractivity contribution in [2.24, 2.45) is 5.41 Å². The van der Waals surface area contributed by atoms with Crippen LogP contribution in [0, 0.1) is 11.2 Å². The summed E-state index contributed by atoms with van der Waals surface area (Å²) in [5.74, 6) is 0.303. The van der Waals surface area contributed by atoms with E-state index in [1.807, 2.05) is 12.3 Å². The molecule has 178 valence electrons. The lowest BCUT2D eigenvalue weighted by atomic mass is 9.97. The Labute approximate surface area is 200 Å². The summed E-state index contributed by atoms with van der Waals surface area (Å²) in [4.78, 5) is 16.5. The van der Waals surface area contributed by atoms with Crippen LogP contribution in [0.2, 0.25) is 0 Å². The lowest BCUT2D eigenvalue weighted by molar-refractivity contribution is 0.296. The highest BCUT2D eigenvalue weighted by Crippen LogP contribution is 2.32. The fourth-order valence-electron chi connectivity index (χ4n) is 3.86. The average Bonchev–Trinajstić information content (AvgIpc) is 3.20. The van der Waals surface area contributed by atoms with Gasteiger partial charge < -0.3 is 5.32 Å². The Morgan fingerprint density at radius 3 is 2.41 bits per heavy atom. The summed E-state index contributed by atoms with van der Waals surface area (Å²) < 4.78 is 15.7. The first-order valence-electron chi connectivity index (χ1n) is 11.8. The Morgan fingerprint density at radius 2 is 1.74 bits per heavy atom. The van der Waals surface area contributed by atoms with Gasteiger partial charge in [-0.1, -0.05) is 34.6 Å². The molecule has 7 heteroatoms. The number of hydrogen-bond donors (Lipinski definition) is 1. The van der Waals surface area contributed by atoms with Crippen molar-refractivity contribution in [3.8, 4) is 22.6 Å². The van der Waals surface area contributed by atoms with Crippen molar-refractivity contribution < 1.29 is 4.39 Å². The van der Waals surface area contributed by atoms with Crippen molar-refractivity contribution in [1.82, 2.24) is 24.3 Å². The van der Waals surface area contributed by atoms with Gasteiger partial charge in [0.05, 0.1) is 17.1 Å². The van der Waals surface area contributed by atoms with Gasteiger partial charge in [-0.2, -0.15) is 0 Å². The summed E-state index contributed by atoms with van der Waals surface area (Å²) in [5, 5.41) is 3.34. The number of imidazole rings is 1. The third-order valence-corrected chi connectivity index (χ3v) is 5.78. The Bertz CT molecular complexity index is 1250. The lowest BCUT2D eigenvalue weighted by Gasteiger charge is -2.19. The van der Waals surface area contributed by atoms with E-state index in [9.17, 15) is 4.39 Å². The second-order valence-corrected chi connectivity index (χ2v) is 9.72. The van der Waals surface area contributed by atoms with Crippen LogP contribution in [-0.4, -0.2) is 43.9 Å². The molecule has 0 unspecified atom stereocenters. The van der Waals surface area contributed by atoms with Crippen LogP contribution >= 0.6 is 0 Å². The lowest BCUT2D eigenvalue weighted by Crippen LogP contribution is -2.22. The molecule has 0 radical (unpaired) electrons. The first-order chi connectivity index (χ1) is 16.3. The first kappa shape index (κ1) is 23.8. The number of nitrogens with zero attached hydrogens (tertiary/aromatic N) is 5. The summed E-state index contributed by atoms with van der Waals surface area (Å²) in [5.41, 5.74) is 5.36. The molecule has 0 atom stereocenters. The number of hydrogen-bond acceptors (Lipinski definition) is 5. The molecule has 0 aliphatic heterocycles. The molecule has 0 amide bonds. The maximum Gasteiger partial charge on any atom is 0.223 e. The van der Waals surface area contributed by atoms with E-state index < -0.39 is 0 Å². The van der Waals surface area contributed by atoms with Gasteiger partial charge in [0.25, 0.3) is 0 Å². The molecule has 0 aliphatic carbocycles. The third kappa shape index (κ3) is 5.42. The van der Waals surface area contributed by atoms with Crippen LogP contribution in [0.5, 0.6) is 0 Å². The maximum atomic E-state index is 13.6. The largest absolute Gasteiger partial charge is 0.354 e. The van der Waals surface area contributed by atoms with Gasteiger partial charge >= 0.3 is 0 Å². The normalized spacial score (nSPS) is 12.0. The van der Waals surface area contributed by atoms with Gasteiger partial charge in [0.15, 0.2) is 0 Å². The van der Waals surface area contributed by atoms with Crippen molar-refractivity contribution in [3.63, 3.8) is 0 Å². The van der Waals surface area contributed by atoms with Crippen LogP contribution < -0.4 is 5.32 Å². The van der Waals surface area contributed by atoms with E-state index in [1.165, 1.54) is 17.7 Å². The van der Waals surface area contributed by atoms with Gasteiger partial charge in [-0.3, -0.25) is 9.30 Å². The van der Waals surface area contributed by atoms with Crippen LogP contribution in [0.25, 0.3) is 28.3 Å². The Hall–Kier alpha value is -3.32. The minimum absolute atomic E-state index is 0.100. The fourth-order valence-corrected chi connectivity index (χ4v) is 3.86. The third-order valence-electron chi connectivity index (χ3n) is 5.78. The molecule has 3 heterocycles. The molecule has 0 aliphatic rings. The van der Waals surface area contributed by atoms with E-state index in [0.717, 1.165) is 54.5 Å². The van der Waals surface area contributed by atoms with Crippen molar-refractivity contribution in [2.75, 3.05) is 25.0 Å². The molecule has 4 rings (SSSR count). The highest BCUT2D eigenvalue weighted by molar-refractivity contribution is 5.80. The number of halogens is 1. The van der Waals surface area contributed by atoms with Crippen LogP contribution in [0.3, 0.4) is 0 Å². The SMILES string of the molecule is CCN(CC)Cc1ccn2c(-c3ccnc(NCC(C)(C)C)n3)c(-c3ccc(F)cc3)nc2c1. The molecule has 0 saturated carbocycles. The fraction of sp³-hybridized carbons (Fsp3) is 0.370. The zero-order valence-corrected chi connectivity index (χ0v) is 20.6. The Morgan fingerprint density at radius 1 is 1.00 bits per heavy atom. The van der Waals surface area contributed by atoms with Crippen molar-refractivity contribution >= 4 is 11.6 Å². The summed E-state index contributed by atoms with van der Waals surface area (Å²) >= 11 is 0. The number of nitrogens with one attached hydrogen (secondary N) is 1. The predicted molar refractivity (Wildman–Crippen MR) is 136 cm³/mol. The maximum absolute atomic E-state index is 13.6. The monoisotopic (exact) mass is 460 g/mol. The average molecular weight is 461 g/mol. The molecule has 0 bridgehead atoms. The van der Waals surface area contributed by atoms with E-state index in [2.05, 4.69) is 66.4 Å². The standard InChI is InChI=1S/C27H33FN6/c1-6-33(7-2)17-19-13-15-34-23(16-19)32-24(20-8-10-21(28)11-9-20)25(34)22-12-14-29-26(31-22)30-18-27(3,4)5/h8-16H,6-7,17-18H2,1-5H3,(H,29,30,31). The zero-order valence-electron chi connectivity index (χ0n) is 20.6. The molecule has 6 nitrogen and oxygen atoms in total. The second-order valence-electron chi connectivity index (χ2n) is 9.72. The summed E-state index contributed by atoms with van der Waals surface area (Å²) in [6.45, 7) is 14.4. The zero-order chi connectivity index (χ0) is 24.3. The highest BCUT2D eigenvalue weighted by atomic mass is 19.1. The van der Waals surface area contributed by atoms with Crippen molar-refractivity contribution in [1.29, 1.82) is 0 Å². The number of benzene rings is 1. The predicted octanol–water partition coefficient (Wildman–Crippen LogP) is 5.90. The van der Waals surface area contributed by atoms with Gasteiger partial charge in [-0.15, -0.1) is 0 Å². The topological polar surface area (TPSA) is 58.4 Å². The molecule has 4 aromatic rings. The summed E-state index contributed by atoms with van der Waals surface area (Å²) in [7, 11) is 0. The molecule has 1 N–H and O–H groups in total. The molecule has 0 saturated heterocycles. The quantitative estimate of drug-likeness (QED) is 0.355. The minimum Gasteiger partial charge on any atom is -0.354 e. The summed E-state index contributed by atoms with van der Waals surface area (Å²) in [6, 6.07) is 12.6. The number of aromatic nitrogens is 4. The Kier molecular flexibility index (Phi) is 6.93. The van der Waals surface area contributed by atoms with Gasteiger partial charge in [0, 0.05) is 31.0 Å². The Balaban J connectivity index is 1.82. The van der Waals surface area contributed by atoms with Crippen LogP contribution in [-0.2, 0) is 6.54 Å². The number of pyridine rings is 1. The van der Waals surface area contributed by atoms with E-state index in [4.69, 9.17) is 9.97 Å². The molecule has 34 heavy (non-hydrogen) atoms. The van der Waals surface area contributed by atoms with Crippen LogP contribution in [0.1, 0.15) is 40.2 Å². The minimum atomic E-state index is -0.272. The van der Waals surface area contributed by atoms with Gasteiger partial charge in [0.1, 0.15) is 11.5 Å². The molecule has 1 aromatic carbocycles. The first-order valence-corrected chi connectivity index (χ1v) is 11.8. The molecular formula is C27H33FN6. The van der Waals surface area contributed by atoms with E-state index in [0.29, 0.717) is 5.95 Å². The highest BCUT2D eigenvalue weighted by Gasteiger charge is 2.19. The van der Waals surface area contributed by atoms with Crippen molar-refractivity contribution in [2.45, 2.75) is 41.2 Å². The van der Waals surface area contributed by atoms with Gasteiger partial charge in [0.2, 0.25) is 5.95 Å². The van der Waals surface area contributed by atoms with Gasteiger partial charge in [-0.25, -0.2) is 19.3 Å². The summed E-state index contributed by atoms with van der Waals surface area (Å²) in [6.07, 6.45) is 3.81. The van der Waals surface area contributed by atoms with E-state index in [1.54, 1.807) is 18.3 Å². The van der Waals surface area contributed by atoms with E-state index >= 15 is 0 Å². The molecule has 3 aromatic heterocycles. The molecule has 0 spiro atoms. The number of fused-ring (bicyclic) bond motifs is 1. The number of anilines is 1. The smallest absolute Gasteiger partial charge is 0.223 e. The van der Waals surface area contributed by atoms with Crippen molar-refractivity contribution in [3.05, 3.63) is 66.2 Å². The molecule has 0 fully saturated rings. The van der Waals surface area contributed by atoms with Gasteiger partial charge in [-0.05, 0) is 66.5 Å². The second kappa shape index (κ2) is 9.89. The number of rotatable bonds is 8. The molecular weight excluding hydrogens is 427 g/mol. The van der Waals surface area contributed by atoms with Crippen LogP contribution in [0.15, 0.2) is 54.9 Å². The van der Waals surface area contributed by atoms with E-state index in [-0.39, 0.29) is 11.2 Å².